The molecule has 1 aromatic rings. The molecule has 4 nitrogen and oxygen atoms in total. The van der Waals surface area contributed by atoms with Gasteiger partial charge in [0.2, 0.25) is 5.95 Å². The van der Waals surface area contributed by atoms with Gasteiger partial charge in [0.05, 0.1) is 17.4 Å². The van der Waals surface area contributed by atoms with Gasteiger partial charge in [0.1, 0.15) is 0 Å². The summed E-state index contributed by atoms with van der Waals surface area (Å²) in [5.74, 6) is -3.16. The molecule has 1 aliphatic heterocycles. The summed E-state index contributed by atoms with van der Waals surface area (Å²) in [4.78, 5) is 25.3. The maximum absolute atomic E-state index is 13.2. The fraction of sp³-hybridized carbons (Fsp3) is 0.222. The maximum atomic E-state index is 13.2. The molecule has 0 bridgehead atoms. The fourth-order valence-corrected chi connectivity index (χ4v) is 1.56. The van der Waals surface area contributed by atoms with Crippen LogP contribution in [0.2, 0.25) is 5.02 Å². The predicted molar refractivity (Wildman–Crippen MR) is 47.7 cm³/mol. The van der Waals surface area contributed by atoms with Crippen LogP contribution in [-0.4, -0.2) is 16.9 Å². The SMILES string of the molecule is O=C1CC(c2cc(Cl)cnc2F)C(=O)O1. The zero-order chi connectivity index (χ0) is 11.0. The minimum absolute atomic E-state index is 0.00153. The molecule has 0 saturated carbocycles. The number of ether oxygens (including phenoxy) is 1. The van der Waals surface area contributed by atoms with E-state index in [1.807, 2.05) is 0 Å². The van der Waals surface area contributed by atoms with Crippen molar-refractivity contribution in [2.75, 3.05) is 0 Å². The van der Waals surface area contributed by atoms with E-state index in [0.29, 0.717) is 0 Å². The molecule has 1 aromatic heterocycles. The first-order valence-electron chi connectivity index (χ1n) is 4.13. The monoisotopic (exact) mass is 229 g/mol. The van der Waals surface area contributed by atoms with Crippen LogP contribution in [0.15, 0.2) is 12.3 Å². The van der Waals surface area contributed by atoms with Crippen LogP contribution in [0.25, 0.3) is 0 Å². The van der Waals surface area contributed by atoms with Crippen molar-refractivity contribution in [2.24, 2.45) is 0 Å². The van der Waals surface area contributed by atoms with E-state index in [0.717, 1.165) is 6.20 Å². The maximum Gasteiger partial charge on any atom is 0.321 e. The number of rotatable bonds is 1. The van der Waals surface area contributed by atoms with Crippen molar-refractivity contribution in [1.29, 1.82) is 0 Å². The standard InChI is InChI=1S/C9H5ClFNO3/c10-4-1-5(8(11)12-3-4)6-2-7(13)15-9(6)14/h1,3,6H,2H2. The number of nitrogens with zero attached hydrogens (tertiary/aromatic N) is 1. The number of carbonyl (C=O) groups is 2. The summed E-state index contributed by atoms with van der Waals surface area (Å²) in [5.41, 5.74) is -0.00153. The topological polar surface area (TPSA) is 56.3 Å². The second-order valence-corrected chi connectivity index (χ2v) is 3.52. The van der Waals surface area contributed by atoms with Crippen molar-refractivity contribution < 1.29 is 18.7 Å². The number of hydrogen-bond donors (Lipinski definition) is 0. The van der Waals surface area contributed by atoms with Gasteiger partial charge in [0.15, 0.2) is 0 Å². The fourth-order valence-electron chi connectivity index (χ4n) is 1.39. The summed E-state index contributed by atoms with van der Waals surface area (Å²) >= 11 is 5.61. The van der Waals surface area contributed by atoms with Crippen LogP contribution in [0.1, 0.15) is 17.9 Å². The zero-order valence-electron chi connectivity index (χ0n) is 7.37. The Morgan fingerprint density at radius 3 is 2.87 bits per heavy atom. The highest BCUT2D eigenvalue weighted by atomic mass is 35.5. The summed E-state index contributed by atoms with van der Waals surface area (Å²) in [6.07, 6.45) is 0.959. The first-order chi connectivity index (χ1) is 7.08. The van der Waals surface area contributed by atoms with Crippen LogP contribution in [0.5, 0.6) is 0 Å². The molecule has 1 saturated heterocycles. The molecule has 1 aliphatic rings. The molecular formula is C9H5ClFNO3. The summed E-state index contributed by atoms with van der Waals surface area (Å²) in [5, 5.41) is 0.207. The number of cyclic esters (lactones) is 2. The van der Waals surface area contributed by atoms with E-state index in [2.05, 4.69) is 9.72 Å². The minimum atomic E-state index is -0.927. The lowest BCUT2D eigenvalue weighted by Gasteiger charge is -2.05. The molecule has 2 rings (SSSR count). The van der Waals surface area contributed by atoms with Crippen LogP contribution in [0.3, 0.4) is 0 Å². The molecule has 0 aromatic carbocycles. The average Bonchev–Trinajstić information content (AvgIpc) is 2.50. The highest BCUT2D eigenvalue weighted by molar-refractivity contribution is 6.30. The van der Waals surface area contributed by atoms with Crippen molar-refractivity contribution in [3.63, 3.8) is 0 Å². The minimum Gasteiger partial charge on any atom is -0.393 e. The first kappa shape index (κ1) is 10.0. The highest BCUT2D eigenvalue weighted by Crippen LogP contribution is 2.29. The molecule has 0 amide bonds. The third kappa shape index (κ3) is 1.83. The molecule has 0 spiro atoms. The van der Waals surface area contributed by atoms with Gasteiger partial charge in [0, 0.05) is 11.8 Å². The van der Waals surface area contributed by atoms with Crippen molar-refractivity contribution >= 4 is 23.5 Å². The molecule has 0 N–H and O–H groups in total. The van der Waals surface area contributed by atoms with E-state index in [1.54, 1.807) is 0 Å². The van der Waals surface area contributed by atoms with Crippen molar-refractivity contribution in [3.8, 4) is 0 Å². The first-order valence-corrected chi connectivity index (χ1v) is 4.51. The Kier molecular flexibility index (Phi) is 2.40. The average molecular weight is 230 g/mol. The molecule has 15 heavy (non-hydrogen) atoms. The molecule has 78 valence electrons. The highest BCUT2D eigenvalue weighted by Gasteiger charge is 2.36. The largest absolute Gasteiger partial charge is 0.393 e. The molecule has 2 heterocycles. The quantitative estimate of drug-likeness (QED) is 0.415. The summed E-state index contributed by atoms with van der Waals surface area (Å²) in [7, 11) is 0. The van der Waals surface area contributed by atoms with Gasteiger partial charge in [-0.05, 0) is 6.07 Å². The van der Waals surface area contributed by atoms with E-state index in [1.165, 1.54) is 6.07 Å². The number of esters is 2. The Labute approximate surface area is 89.0 Å². The van der Waals surface area contributed by atoms with Crippen LogP contribution >= 0.6 is 11.6 Å². The number of carbonyl (C=O) groups excluding carboxylic acids is 2. The van der Waals surface area contributed by atoms with E-state index < -0.39 is 23.8 Å². The van der Waals surface area contributed by atoms with Gasteiger partial charge in [0.25, 0.3) is 0 Å². The Morgan fingerprint density at radius 2 is 2.27 bits per heavy atom. The van der Waals surface area contributed by atoms with Gasteiger partial charge in [-0.15, -0.1) is 0 Å². The van der Waals surface area contributed by atoms with Gasteiger partial charge in [-0.3, -0.25) is 9.59 Å². The lowest BCUT2D eigenvalue weighted by atomic mass is 9.99. The molecule has 0 radical (unpaired) electrons. The number of pyridine rings is 1. The lowest BCUT2D eigenvalue weighted by molar-refractivity contribution is -0.152. The van der Waals surface area contributed by atoms with Crippen molar-refractivity contribution in [1.82, 2.24) is 4.98 Å². The van der Waals surface area contributed by atoms with E-state index >= 15 is 0 Å². The van der Waals surface area contributed by atoms with Gasteiger partial charge in [-0.25, -0.2) is 4.98 Å². The Balaban J connectivity index is 2.41. The van der Waals surface area contributed by atoms with Crippen LogP contribution in [0.4, 0.5) is 4.39 Å². The summed E-state index contributed by atoms with van der Waals surface area (Å²) in [6.45, 7) is 0. The normalized spacial score (nSPS) is 20.5. The Bertz CT molecular complexity index is 449. The second kappa shape index (κ2) is 3.58. The summed E-state index contributed by atoms with van der Waals surface area (Å²) in [6, 6.07) is 1.27. The van der Waals surface area contributed by atoms with Gasteiger partial charge < -0.3 is 4.74 Å². The third-order valence-electron chi connectivity index (χ3n) is 2.08. The van der Waals surface area contributed by atoms with Gasteiger partial charge >= 0.3 is 11.9 Å². The molecular weight excluding hydrogens is 225 g/mol. The lowest BCUT2D eigenvalue weighted by Crippen LogP contribution is -2.08. The van der Waals surface area contributed by atoms with Crippen LogP contribution < -0.4 is 0 Å². The van der Waals surface area contributed by atoms with Crippen molar-refractivity contribution in [2.45, 2.75) is 12.3 Å². The molecule has 1 atom stereocenters. The van der Waals surface area contributed by atoms with E-state index in [4.69, 9.17) is 11.6 Å². The van der Waals surface area contributed by atoms with E-state index in [-0.39, 0.29) is 17.0 Å². The number of hydrogen-bond acceptors (Lipinski definition) is 4. The second-order valence-electron chi connectivity index (χ2n) is 3.08. The van der Waals surface area contributed by atoms with Gasteiger partial charge in [-0.1, -0.05) is 11.6 Å². The Morgan fingerprint density at radius 1 is 1.53 bits per heavy atom. The Hall–Kier alpha value is -1.49. The smallest absolute Gasteiger partial charge is 0.321 e. The van der Waals surface area contributed by atoms with Crippen LogP contribution in [-0.2, 0) is 14.3 Å². The van der Waals surface area contributed by atoms with E-state index in [9.17, 15) is 14.0 Å². The summed E-state index contributed by atoms with van der Waals surface area (Å²) < 4.78 is 17.5. The molecule has 6 heteroatoms. The molecule has 1 unspecified atom stereocenters. The van der Waals surface area contributed by atoms with Crippen molar-refractivity contribution in [3.05, 3.63) is 28.8 Å². The molecule has 1 fully saturated rings. The zero-order valence-corrected chi connectivity index (χ0v) is 8.12. The predicted octanol–water partition coefficient (Wildman–Crippen LogP) is 1.43. The molecule has 0 aliphatic carbocycles. The third-order valence-corrected chi connectivity index (χ3v) is 2.28. The van der Waals surface area contributed by atoms with Gasteiger partial charge in [-0.2, -0.15) is 4.39 Å². The number of halogens is 2. The van der Waals surface area contributed by atoms with Crippen LogP contribution in [0, 0.1) is 5.95 Å². The number of aromatic nitrogens is 1.